The number of aromatic hydroxyl groups is 1. The van der Waals surface area contributed by atoms with Crippen molar-refractivity contribution in [3.63, 3.8) is 0 Å². The molecule has 1 heterocycles. The van der Waals surface area contributed by atoms with E-state index >= 15 is 0 Å². The third-order valence-corrected chi connectivity index (χ3v) is 3.40. The predicted octanol–water partition coefficient (Wildman–Crippen LogP) is 2.42. The second-order valence-electron chi connectivity index (χ2n) is 3.86. The van der Waals surface area contributed by atoms with E-state index < -0.39 is 5.97 Å². The normalized spacial score (nSPS) is 10.5. The van der Waals surface area contributed by atoms with Gasteiger partial charge in [0, 0.05) is 10.0 Å². The van der Waals surface area contributed by atoms with E-state index in [9.17, 15) is 9.90 Å². The van der Waals surface area contributed by atoms with Crippen molar-refractivity contribution in [1.82, 2.24) is 15.4 Å². The van der Waals surface area contributed by atoms with E-state index in [1.165, 1.54) is 0 Å². The minimum absolute atomic E-state index is 0.0279. The van der Waals surface area contributed by atoms with Crippen LogP contribution < -0.4 is 0 Å². The Morgan fingerprint density at radius 2 is 2.21 bits per heavy atom. The molecule has 0 atom stereocenters. The summed E-state index contributed by atoms with van der Waals surface area (Å²) in [7, 11) is 0. The van der Waals surface area contributed by atoms with Gasteiger partial charge in [-0.1, -0.05) is 15.9 Å². The van der Waals surface area contributed by atoms with Crippen LogP contribution in [-0.4, -0.2) is 33.1 Å². The quantitative estimate of drug-likeness (QED) is 0.846. The minimum Gasteiger partial charge on any atom is -0.507 e. The summed E-state index contributed by atoms with van der Waals surface area (Å²) in [4.78, 5) is 11.7. The van der Waals surface area contributed by atoms with Crippen LogP contribution in [0.15, 0.2) is 16.6 Å². The molecular formula is C12H12BrN3O3. The molecule has 2 aromatic rings. The second kappa shape index (κ2) is 5.40. The Labute approximate surface area is 117 Å². The van der Waals surface area contributed by atoms with Crippen molar-refractivity contribution in [3.8, 4) is 17.0 Å². The van der Waals surface area contributed by atoms with Crippen molar-refractivity contribution in [2.24, 2.45) is 0 Å². The Morgan fingerprint density at radius 3 is 2.89 bits per heavy atom. The van der Waals surface area contributed by atoms with Crippen LogP contribution in [0.3, 0.4) is 0 Å². The average molecular weight is 326 g/mol. The number of carbonyl (C=O) groups is 1. The van der Waals surface area contributed by atoms with Crippen LogP contribution in [0.25, 0.3) is 11.3 Å². The number of benzene rings is 1. The molecule has 0 amide bonds. The fourth-order valence-electron chi connectivity index (χ4n) is 1.62. The van der Waals surface area contributed by atoms with Crippen LogP contribution in [0.5, 0.6) is 5.75 Å². The van der Waals surface area contributed by atoms with Crippen molar-refractivity contribution in [2.75, 3.05) is 6.61 Å². The van der Waals surface area contributed by atoms with Gasteiger partial charge in [-0.25, -0.2) is 4.79 Å². The number of nitrogens with one attached hydrogen (secondary N) is 1. The van der Waals surface area contributed by atoms with Gasteiger partial charge in [0.25, 0.3) is 0 Å². The first-order valence-electron chi connectivity index (χ1n) is 5.62. The highest BCUT2D eigenvalue weighted by atomic mass is 79.9. The molecule has 2 rings (SSSR count). The molecule has 7 heteroatoms. The van der Waals surface area contributed by atoms with Gasteiger partial charge in [0.15, 0.2) is 5.69 Å². The highest BCUT2D eigenvalue weighted by Crippen LogP contribution is 2.34. The number of carbonyl (C=O) groups excluding carboxylic acids is 1. The maximum Gasteiger partial charge on any atom is 0.361 e. The third kappa shape index (κ3) is 2.60. The van der Waals surface area contributed by atoms with E-state index in [0.717, 1.165) is 10.0 Å². The zero-order valence-corrected chi connectivity index (χ0v) is 12.0. The monoisotopic (exact) mass is 325 g/mol. The topological polar surface area (TPSA) is 88.1 Å². The molecule has 0 aliphatic carbocycles. The molecule has 0 radical (unpaired) electrons. The smallest absolute Gasteiger partial charge is 0.361 e. The number of phenols is 1. The van der Waals surface area contributed by atoms with Crippen LogP contribution in [0.4, 0.5) is 0 Å². The molecule has 0 bridgehead atoms. The number of aromatic amines is 1. The van der Waals surface area contributed by atoms with Gasteiger partial charge >= 0.3 is 5.97 Å². The van der Waals surface area contributed by atoms with E-state index in [1.807, 2.05) is 6.92 Å². The molecule has 0 aliphatic rings. The standard InChI is InChI=1S/C12H12BrN3O3/c1-3-19-12(18)11-10(14-16-15-11)7-5-8(13)6(2)4-9(7)17/h4-5,17H,3H2,1-2H3,(H,14,15,16). The van der Waals surface area contributed by atoms with Crippen LogP contribution in [0.1, 0.15) is 23.0 Å². The lowest BCUT2D eigenvalue weighted by atomic mass is 10.1. The lowest BCUT2D eigenvalue weighted by molar-refractivity contribution is 0.0520. The van der Waals surface area contributed by atoms with Gasteiger partial charge in [-0.05, 0) is 31.5 Å². The van der Waals surface area contributed by atoms with Gasteiger partial charge in [0.05, 0.1) is 6.61 Å². The summed E-state index contributed by atoms with van der Waals surface area (Å²) < 4.78 is 5.69. The number of halogens is 1. The lowest BCUT2D eigenvalue weighted by Gasteiger charge is -2.06. The number of rotatable bonds is 3. The summed E-state index contributed by atoms with van der Waals surface area (Å²) in [5.74, 6) is -0.553. The number of aryl methyl sites for hydroxylation is 1. The van der Waals surface area contributed by atoms with Gasteiger partial charge in [0.2, 0.25) is 0 Å². The lowest BCUT2D eigenvalue weighted by Crippen LogP contribution is -2.06. The number of esters is 1. The molecule has 19 heavy (non-hydrogen) atoms. The van der Waals surface area contributed by atoms with E-state index in [-0.39, 0.29) is 23.7 Å². The van der Waals surface area contributed by atoms with Crippen molar-refractivity contribution >= 4 is 21.9 Å². The summed E-state index contributed by atoms with van der Waals surface area (Å²) in [5.41, 5.74) is 1.60. The number of aromatic nitrogens is 3. The molecule has 6 nitrogen and oxygen atoms in total. The molecule has 2 N–H and O–H groups in total. The molecule has 100 valence electrons. The average Bonchev–Trinajstić information content (AvgIpc) is 2.83. The SMILES string of the molecule is CCOC(=O)c1n[nH]nc1-c1cc(Br)c(C)cc1O. The number of H-pyrrole nitrogens is 1. The minimum atomic E-state index is -0.581. The molecule has 0 fully saturated rings. The molecule has 0 unspecified atom stereocenters. The first-order chi connectivity index (χ1) is 9.04. The fourth-order valence-corrected chi connectivity index (χ4v) is 1.96. The molecule has 0 spiro atoms. The number of ether oxygens (including phenoxy) is 1. The van der Waals surface area contributed by atoms with Gasteiger partial charge < -0.3 is 9.84 Å². The Hall–Kier alpha value is -1.89. The van der Waals surface area contributed by atoms with Crippen LogP contribution >= 0.6 is 15.9 Å². The summed E-state index contributed by atoms with van der Waals surface area (Å²) in [6, 6.07) is 3.27. The molecule has 1 aromatic heterocycles. The Kier molecular flexibility index (Phi) is 3.84. The Morgan fingerprint density at radius 1 is 1.47 bits per heavy atom. The fraction of sp³-hybridized carbons (Fsp3) is 0.250. The first kappa shape index (κ1) is 13.5. The largest absolute Gasteiger partial charge is 0.507 e. The first-order valence-corrected chi connectivity index (χ1v) is 6.41. The van der Waals surface area contributed by atoms with E-state index in [4.69, 9.17) is 4.74 Å². The van der Waals surface area contributed by atoms with Crippen LogP contribution in [0, 0.1) is 6.92 Å². The van der Waals surface area contributed by atoms with Crippen LogP contribution in [0.2, 0.25) is 0 Å². The molecule has 0 aliphatic heterocycles. The number of hydrogen-bond acceptors (Lipinski definition) is 5. The molecule has 1 aromatic carbocycles. The molecule has 0 saturated carbocycles. The van der Waals surface area contributed by atoms with E-state index in [2.05, 4.69) is 31.3 Å². The van der Waals surface area contributed by atoms with Crippen molar-refractivity contribution in [1.29, 1.82) is 0 Å². The van der Waals surface area contributed by atoms with E-state index in [1.54, 1.807) is 19.1 Å². The van der Waals surface area contributed by atoms with Gasteiger partial charge in [0.1, 0.15) is 11.4 Å². The summed E-state index contributed by atoms with van der Waals surface area (Å²) in [6.07, 6.45) is 0. The number of hydrogen-bond donors (Lipinski definition) is 2. The Bertz CT molecular complexity index is 625. The molecular weight excluding hydrogens is 314 g/mol. The maximum absolute atomic E-state index is 11.7. The van der Waals surface area contributed by atoms with Gasteiger partial charge in [-0.2, -0.15) is 10.3 Å². The summed E-state index contributed by atoms with van der Waals surface area (Å²) in [6.45, 7) is 3.80. The van der Waals surface area contributed by atoms with Gasteiger partial charge in [-0.15, -0.1) is 5.10 Å². The Balaban J connectivity index is 2.51. The third-order valence-electron chi connectivity index (χ3n) is 2.55. The van der Waals surface area contributed by atoms with Crippen molar-refractivity contribution in [3.05, 3.63) is 27.9 Å². The van der Waals surface area contributed by atoms with Crippen LogP contribution in [-0.2, 0) is 4.74 Å². The van der Waals surface area contributed by atoms with Crippen molar-refractivity contribution < 1.29 is 14.6 Å². The second-order valence-corrected chi connectivity index (χ2v) is 4.71. The summed E-state index contributed by atoms with van der Waals surface area (Å²) >= 11 is 3.37. The maximum atomic E-state index is 11.7. The number of nitrogens with zero attached hydrogens (tertiary/aromatic N) is 2. The molecule has 0 saturated heterocycles. The zero-order valence-electron chi connectivity index (χ0n) is 10.4. The zero-order chi connectivity index (χ0) is 14.0. The highest BCUT2D eigenvalue weighted by Gasteiger charge is 2.21. The van der Waals surface area contributed by atoms with Gasteiger partial charge in [-0.3, -0.25) is 0 Å². The van der Waals surface area contributed by atoms with E-state index in [0.29, 0.717) is 5.56 Å². The highest BCUT2D eigenvalue weighted by molar-refractivity contribution is 9.10. The predicted molar refractivity (Wildman–Crippen MR) is 71.9 cm³/mol. The van der Waals surface area contributed by atoms with Crippen molar-refractivity contribution in [2.45, 2.75) is 13.8 Å². The number of phenolic OH excluding ortho intramolecular Hbond substituents is 1. The summed E-state index contributed by atoms with van der Waals surface area (Å²) in [5, 5.41) is 20.0.